The molecule has 17 heavy (non-hydrogen) atoms. The molecule has 2 aromatic carbocycles. The molecule has 0 aromatic heterocycles. The molecule has 2 aromatic rings. The third-order valence-electron chi connectivity index (χ3n) is 2.18. The molecule has 2 rings (SSSR count). The van der Waals surface area contributed by atoms with Crippen molar-refractivity contribution in [3.63, 3.8) is 0 Å². The van der Waals surface area contributed by atoms with E-state index < -0.39 is 10.3 Å². The summed E-state index contributed by atoms with van der Waals surface area (Å²) in [5.41, 5.74) is 1.55. The fourth-order valence-corrected chi connectivity index (χ4v) is 1.92. The second-order valence-corrected chi connectivity index (χ2v) is 4.59. The Hall–Kier alpha value is -1.85. The van der Waals surface area contributed by atoms with Gasteiger partial charge in [0.05, 0.1) is 0 Å². The van der Waals surface area contributed by atoms with Crippen LogP contribution in [-0.4, -0.2) is 8.42 Å². The minimum absolute atomic E-state index is 0.223. The first-order valence-electron chi connectivity index (χ1n) is 4.93. The van der Waals surface area contributed by atoms with Gasteiger partial charge in [0.1, 0.15) is 0 Å². The molecular weight excluding hydrogens is 238 g/mol. The monoisotopic (exact) mass is 249 g/mol. The van der Waals surface area contributed by atoms with Crippen LogP contribution in [0.5, 0.6) is 5.75 Å². The Balaban J connectivity index is 2.49. The van der Waals surface area contributed by atoms with Gasteiger partial charge in [0.15, 0.2) is 5.75 Å². The van der Waals surface area contributed by atoms with Crippen molar-refractivity contribution in [3.05, 3.63) is 54.6 Å². The fourth-order valence-electron chi connectivity index (χ4n) is 1.52. The molecule has 5 heteroatoms. The first-order valence-corrected chi connectivity index (χ1v) is 6.40. The molecule has 88 valence electrons. The maximum absolute atomic E-state index is 10.9. The summed E-state index contributed by atoms with van der Waals surface area (Å²) in [5.74, 6) is 0.223. The summed E-state index contributed by atoms with van der Waals surface area (Å²) in [4.78, 5) is 0. The molecule has 0 radical (unpaired) electrons. The highest BCUT2D eigenvalue weighted by atomic mass is 32.2. The van der Waals surface area contributed by atoms with Crippen LogP contribution in [0.1, 0.15) is 0 Å². The molecule has 0 aliphatic rings. The van der Waals surface area contributed by atoms with E-state index >= 15 is 0 Å². The maximum Gasteiger partial charge on any atom is 0.380 e. The maximum atomic E-state index is 10.9. The zero-order valence-corrected chi connectivity index (χ0v) is 9.72. The normalized spacial score (nSPS) is 11.1. The molecule has 0 fully saturated rings. The molecule has 0 unspecified atom stereocenters. The Kier molecular flexibility index (Phi) is 3.12. The van der Waals surface area contributed by atoms with Crippen LogP contribution >= 0.6 is 0 Å². The molecule has 0 atom stereocenters. The van der Waals surface area contributed by atoms with E-state index in [1.165, 1.54) is 0 Å². The molecule has 0 heterocycles. The summed E-state index contributed by atoms with van der Waals surface area (Å²) < 4.78 is 26.6. The van der Waals surface area contributed by atoms with Crippen LogP contribution < -0.4 is 9.32 Å². The molecule has 0 spiro atoms. The van der Waals surface area contributed by atoms with Crippen molar-refractivity contribution in [2.24, 2.45) is 5.14 Å². The van der Waals surface area contributed by atoms with E-state index in [-0.39, 0.29) is 5.75 Å². The van der Waals surface area contributed by atoms with E-state index in [0.29, 0.717) is 5.56 Å². The van der Waals surface area contributed by atoms with E-state index in [9.17, 15) is 8.42 Å². The molecule has 0 bridgehead atoms. The molecule has 0 aliphatic carbocycles. The molecule has 0 amide bonds. The van der Waals surface area contributed by atoms with Crippen LogP contribution in [-0.2, 0) is 10.3 Å². The van der Waals surface area contributed by atoms with Crippen molar-refractivity contribution in [2.75, 3.05) is 0 Å². The number of hydrogen-bond donors (Lipinski definition) is 1. The lowest BCUT2D eigenvalue weighted by Crippen LogP contribution is -2.19. The highest BCUT2D eigenvalue weighted by Crippen LogP contribution is 2.29. The number of benzene rings is 2. The van der Waals surface area contributed by atoms with E-state index in [0.717, 1.165) is 5.56 Å². The van der Waals surface area contributed by atoms with Crippen LogP contribution in [0.3, 0.4) is 0 Å². The van der Waals surface area contributed by atoms with E-state index in [2.05, 4.69) is 0 Å². The topological polar surface area (TPSA) is 69.4 Å². The van der Waals surface area contributed by atoms with Crippen LogP contribution in [0.2, 0.25) is 0 Å². The highest BCUT2D eigenvalue weighted by molar-refractivity contribution is 7.84. The van der Waals surface area contributed by atoms with Gasteiger partial charge < -0.3 is 4.18 Å². The molecule has 0 saturated carbocycles. The zero-order chi connectivity index (χ0) is 12.3. The largest absolute Gasteiger partial charge is 0.380 e. The molecule has 4 nitrogen and oxygen atoms in total. The lowest BCUT2D eigenvalue weighted by Gasteiger charge is -2.08. The Bertz CT molecular complexity index is 609. The zero-order valence-electron chi connectivity index (χ0n) is 8.91. The van der Waals surface area contributed by atoms with Crippen LogP contribution in [0.15, 0.2) is 54.6 Å². The van der Waals surface area contributed by atoms with Crippen molar-refractivity contribution >= 4 is 10.3 Å². The average Bonchev–Trinajstić information content (AvgIpc) is 2.29. The predicted molar refractivity (Wildman–Crippen MR) is 65.6 cm³/mol. The number of para-hydroxylation sites is 1. The van der Waals surface area contributed by atoms with Gasteiger partial charge >= 0.3 is 10.3 Å². The van der Waals surface area contributed by atoms with Gasteiger partial charge in [0.25, 0.3) is 0 Å². The van der Waals surface area contributed by atoms with E-state index in [4.69, 9.17) is 9.32 Å². The molecule has 2 N–H and O–H groups in total. The number of nitrogens with two attached hydrogens (primary N) is 1. The smallest absolute Gasteiger partial charge is 0.370 e. The Morgan fingerprint density at radius 2 is 1.47 bits per heavy atom. The standard InChI is InChI=1S/C12H11NO3S/c13-17(14,15)16-12-9-5-4-8-11(12)10-6-2-1-3-7-10/h1-9H,(H2,13,14,15). The first-order chi connectivity index (χ1) is 8.06. The minimum atomic E-state index is -4.01. The predicted octanol–water partition coefficient (Wildman–Crippen LogP) is 1.94. The third kappa shape index (κ3) is 3.05. The summed E-state index contributed by atoms with van der Waals surface area (Å²) in [6.45, 7) is 0. The Morgan fingerprint density at radius 1 is 0.882 bits per heavy atom. The Labute approximate surface area is 99.9 Å². The van der Waals surface area contributed by atoms with Crippen LogP contribution in [0.25, 0.3) is 11.1 Å². The van der Waals surface area contributed by atoms with Gasteiger partial charge in [-0.25, -0.2) is 0 Å². The second-order valence-electron chi connectivity index (χ2n) is 3.44. The van der Waals surface area contributed by atoms with Gasteiger partial charge in [0, 0.05) is 5.56 Å². The lowest BCUT2D eigenvalue weighted by atomic mass is 10.1. The fraction of sp³-hybridized carbons (Fsp3) is 0. The van der Waals surface area contributed by atoms with Gasteiger partial charge in [-0.2, -0.15) is 13.6 Å². The summed E-state index contributed by atoms with van der Waals surface area (Å²) in [6, 6.07) is 16.2. The van der Waals surface area contributed by atoms with Crippen molar-refractivity contribution < 1.29 is 12.6 Å². The van der Waals surface area contributed by atoms with E-state index in [1.54, 1.807) is 24.3 Å². The molecule has 0 saturated heterocycles. The van der Waals surface area contributed by atoms with Gasteiger partial charge in [-0.1, -0.05) is 48.5 Å². The lowest BCUT2D eigenvalue weighted by molar-refractivity contribution is 0.488. The summed E-state index contributed by atoms with van der Waals surface area (Å²) in [5, 5.41) is 4.86. The van der Waals surface area contributed by atoms with Gasteiger partial charge in [-0.15, -0.1) is 0 Å². The van der Waals surface area contributed by atoms with Crippen molar-refractivity contribution in [1.29, 1.82) is 0 Å². The summed E-state index contributed by atoms with van der Waals surface area (Å²) >= 11 is 0. The summed E-state index contributed by atoms with van der Waals surface area (Å²) in [7, 11) is -4.01. The van der Waals surface area contributed by atoms with E-state index in [1.807, 2.05) is 30.3 Å². The average molecular weight is 249 g/mol. The van der Waals surface area contributed by atoms with Crippen LogP contribution in [0.4, 0.5) is 0 Å². The number of hydrogen-bond acceptors (Lipinski definition) is 3. The second kappa shape index (κ2) is 4.57. The summed E-state index contributed by atoms with van der Waals surface area (Å²) in [6.07, 6.45) is 0. The van der Waals surface area contributed by atoms with Gasteiger partial charge in [0.2, 0.25) is 0 Å². The molecular formula is C12H11NO3S. The highest BCUT2D eigenvalue weighted by Gasteiger charge is 2.10. The minimum Gasteiger partial charge on any atom is -0.370 e. The SMILES string of the molecule is NS(=O)(=O)Oc1ccccc1-c1ccccc1. The third-order valence-corrected chi connectivity index (χ3v) is 2.59. The van der Waals surface area contributed by atoms with Crippen molar-refractivity contribution in [2.45, 2.75) is 0 Å². The van der Waals surface area contributed by atoms with Crippen molar-refractivity contribution in [1.82, 2.24) is 0 Å². The Morgan fingerprint density at radius 3 is 2.12 bits per heavy atom. The first kappa shape index (κ1) is 11.6. The van der Waals surface area contributed by atoms with Crippen LogP contribution in [0, 0.1) is 0 Å². The quantitative estimate of drug-likeness (QED) is 0.903. The number of rotatable bonds is 3. The van der Waals surface area contributed by atoms with Gasteiger partial charge in [-0.05, 0) is 11.6 Å². The van der Waals surface area contributed by atoms with Gasteiger partial charge in [-0.3, -0.25) is 0 Å². The molecule has 0 aliphatic heterocycles. The van der Waals surface area contributed by atoms with Crippen molar-refractivity contribution in [3.8, 4) is 16.9 Å².